The van der Waals surface area contributed by atoms with E-state index in [2.05, 4.69) is 20.9 Å². The molecule has 1 aliphatic rings. The quantitative estimate of drug-likeness (QED) is 0.0626. The van der Waals surface area contributed by atoms with E-state index in [9.17, 15) is 34.2 Å². The Balaban J connectivity index is 1.46. The van der Waals surface area contributed by atoms with Crippen molar-refractivity contribution in [3.8, 4) is 11.1 Å². The number of fused-ring (bicyclic) bond motifs is 3. The predicted molar refractivity (Wildman–Crippen MR) is 180 cm³/mol. The van der Waals surface area contributed by atoms with Crippen molar-refractivity contribution < 1.29 is 38.9 Å². The number of alkyl carbamates (subject to hydrolysis) is 1. The lowest BCUT2D eigenvalue weighted by atomic mass is 9.98. The number of benzene rings is 3. The van der Waals surface area contributed by atoms with Gasteiger partial charge in [0.05, 0.1) is 0 Å². The highest BCUT2D eigenvalue weighted by Crippen LogP contribution is 2.44. The minimum Gasteiger partial charge on any atom is -0.481 e. The molecule has 3 aromatic rings. The summed E-state index contributed by atoms with van der Waals surface area (Å²) in [5.41, 5.74) is 15.3. The number of nitrogens with zero attached hydrogens (tertiary/aromatic N) is 1. The zero-order valence-electron chi connectivity index (χ0n) is 26.7. The molecule has 3 atom stereocenters. The molecule has 0 heterocycles. The van der Waals surface area contributed by atoms with Crippen molar-refractivity contribution in [1.29, 1.82) is 0 Å². The van der Waals surface area contributed by atoms with E-state index >= 15 is 0 Å². The molecule has 3 aromatic carbocycles. The van der Waals surface area contributed by atoms with Crippen LogP contribution >= 0.6 is 0 Å². The summed E-state index contributed by atoms with van der Waals surface area (Å²) in [7, 11) is 0. The molecule has 0 bridgehead atoms. The van der Waals surface area contributed by atoms with Crippen molar-refractivity contribution in [2.24, 2.45) is 16.5 Å². The minimum atomic E-state index is -1.38. The highest BCUT2D eigenvalue weighted by atomic mass is 16.5. The molecule has 3 amide bonds. The number of hydrogen-bond acceptors (Lipinski definition) is 7. The van der Waals surface area contributed by atoms with E-state index in [-0.39, 0.29) is 50.7 Å². The van der Waals surface area contributed by atoms with Gasteiger partial charge in [0.15, 0.2) is 5.96 Å². The lowest BCUT2D eigenvalue weighted by Gasteiger charge is -2.24. The van der Waals surface area contributed by atoms with Gasteiger partial charge in [0.2, 0.25) is 11.8 Å². The monoisotopic (exact) mass is 672 g/mol. The van der Waals surface area contributed by atoms with Gasteiger partial charge in [-0.15, -0.1) is 0 Å². The van der Waals surface area contributed by atoms with Crippen LogP contribution in [0.3, 0.4) is 0 Å². The first-order valence-corrected chi connectivity index (χ1v) is 15.8. The number of nitrogens with two attached hydrogens (primary N) is 2. The Bertz CT molecular complexity index is 1630. The molecule has 9 N–H and O–H groups in total. The van der Waals surface area contributed by atoms with Gasteiger partial charge in [0.1, 0.15) is 24.7 Å². The van der Waals surface area contributed by atoms with E-state index in [0.29, 0.717) is 5.56 Å². The molecule has 0 spiro atoms. The molecule has 0 aromatic heterocycles. The average molecular weight is 673 g/mol. The Hall–Kier alpha value is -5.92. The Morgan fingerprint density at radius 3 is 1.90 bits per heavy atom. The topological polar surface area (TPSA) is 236 Å². The summed E-state index contributed by atoms with van der Waals surface area (Å²) in [6, 6.07) is 20.3. The van der Waals surface area contributed by atoms with Crippen molar-refractivity contribution in [2.75, 3.05) is 13.2 Å². The third-order valence-corrected chi connectivity index (χ3v) is 8.07. The van der Waals surface area contributed by atoms with Crippen molar-refractivity contribution in [3.63, 3.8) is 0 Å². The summed E-state index contributed by atoms with van der Waals surface area (Å²) in [6.07, 6.45) is -1.46. The fraction of sp³-hybridized carbons (Fsp3) is 0.314. The van der Waals surface area contributed by atoms with Gasteiger partial charge in [-0.1, -0.05) is 78.9 Å². The second kappa shape index (κ2) is 17.3. The minimum absolute atomic E-state index is 0.00837. The van der Waals surface area contributed by atoms with Crippen LogP contribution in [0.4, 0.5) is 4.79 Å². The average Bonchev–Trinajstić information content (AvgIpc) is 3.40. The molecule has 0 fully saturated rings. The number of carboxylic acids is 2. The first-order valence-electron chi connectivity index (χ1n) is 15.8. The fourth-order valence-corrected chi connectivity index (χ4v) is 5.68. The van der Waals surface area contributed by atoms with Crippen LogP contribution in [-0.4, -0.2) is 77.3 Å². The van der Waals surface area contributed by atoms with Crippen molar-refractivity contribution in [2.45, 2.75) is 56.1 Å². The number of aliphatic carboxylic acids is 2. The number of carbonyl (C=O) groups is 5. The van der Waals surface area contributed by atoms with E-state index in [0.717, 1.165) is 22.3 Å². The van der Waals surface area contributed by atoms with E-state index in [1.54, 1.807) is 30.3 Å². The van der Waals surface area contributed by atoms with Gasteiger partial charge in [-0.3, -0.25) is 19.4 Å². The third kappa shape index (κ3) is 10.3. The predicted octanol–water partition coefficient (Wildman–Crippen LogP) is 2.11. The van der Waals surface area contributed by atoms with E-state index in [1.807, 2.05) is 48.5 Å². The van der Waals surface area contributed by atoms with Crippen LogP contribution in [0.15, 0.2) is 83.9 Å². The molecule has 49 heavy (non-hydrogen) atoms. The van der Waals surface area contributed by atoms with Gasteiger partial charge >= 0.3 is 18.0 Å². The summed E-state index contributed by atoms with van der Waals surface area (Å²) in [5, 5.41) is 26.6. The highest BCUT2D eigenvalue weighted by molar-refractivity contribution is 5.93. The number of amides is 3. The zero-order valence-corrected chi connectivity index (χ0v) is 26.7. The van der Waals surface area contributed by atoms with Gasteiger partial charge in [-0.05, 0) is 47.1 Å². The molecular weight excluding hydrogens is 632 g/mol. The van der Waals surface area contributed by atoms with E-state index < -0.39 is 54.4 Å². The Kier molecular flexibility index (Phi) is 12.7. The molecule has 1 aliphatic carbocycles. The van der Waals surface area contributed by atoms with E-state index in [4.69, 9.17) is 16.2 Å². The van der Waals surface area contributed by atoms with Crippen LogP contribution in [0.5, 0.6) is 0 Å². The summed E-state index contributed by atoms with van der Waals surface area (Å²) >= 11 is 0. The molecule has 14 nitrogen and oxygen atoms in total. The van der Waals surface area contributed by atoms with Crippen LogP contribution in [0.2, 0.25) is 0 Å². The zero-order chi connectivity index (χ0) is 35.3. The Morgan fingerprint density at radius 1 is 0.735 bits per heavy atom. The molecule has 0 saturated carbocycles. The van der Waals surface area contributed by atoms with Crippen LogP contribution in [0.1, 0.15) is 48.3 Å². The number of guanidine groups is 1. The van der Waals surface area contributed by atoms with Crippen molar-refractivity contribution in [3.05, 3.63) is 95.6 Å². The number of aliphatic imine (C=N–C) groups is 1. The number of carbonyl (C=O) groups excluding carboxylic acids is 3. The number of rotatable bonds is 17. The molecule has 0 unspecified atom stereocenters. The maximum atomic E-state index is 13.6. The van der Waals surface area contributed by atoms with Crippen LogP contribution in [0.25, 0.3) is 11.1 Å². The first-order chi connectivity index (χ1) is 23.5. The smallest absolute Gasteiger partial charge is 0.407 e. The van der Waals surface area contributed by atoms with Crippen LogP contribution < -0.4 is 27.4 Å². The standard InChI is InChI=1S/C35H40N6O8/c36-34(37)38-18-8-15-28(33(46)47)39-32(45)29(19-21-9-2-1-3-10-21)40-31(44)27(16-17-30(42)43)41-35(48)49-20-26-24-13-6-4-11-22(24)23-12-5-7-14-25(23)26/h1-7,9-14,26-29H,8,15-20H2,(H,39,45)(H,40,44)(H,41,48)(H,42,43)(H,46,47)(H4,36,37,38)/t27-,28-,29-/m0/s1. The summed E-state index contributed by atoms with van der Waals surface area (Å²) in [4.78, 5) is 67.2. The van der Waals surface area contributed by atoms with Crippen molar-refractivity contribution in [1.82, 2.24) is 16.0 Å². The fourth-order valence-electron chi connectivity index (χ4n) is 5.68. The lowest BCUT2D eigenvalue weighted by Crippen LogP contribution is -2.56. The Labute approximate surface area is 282 Å². The highest BCUT2D eigenvalue weighted by Gasteiger charge is 2.32. The number of nitrogens with one attached hydrogen (secondary N) is 3. The maximum absolute atomic E-state index is 13.6. The Morgan fingerprint density at radius 2 is 1.31 bits per heavy atom. The lowest BCUT2D eigenvalue weighted by molar-refractivity contribution is -0.142. The van der Waals surface area contributed by atoms with Crippen molar-refractivity contribution >= 4 is 35.8 Å². The first kappa shape index (κ1) is 35.9. The molecular formula is C35H40N6O8. The van der Waals surface area contributed by atoms with Crippen LogP contribution in [0, 0.1) is 0 Å². The molecule has 0 radical (unpaired) electrons. The van der Waals surface area contributed by atoms with Gasteiger partial charge in [0, 0.05) is 25.3 Å². The molecule has 4 rings (SSSR count). The molecule has 0 aliphatic heterocycles. The number of carboxylic acid groups (broad SMARTS) is 2. The molecule has 14 heteroatoms. The summed E-state index contributed by atoms with van der Waals surface area (Å²) in [6.45, 7) is 0.116. The third-order valence-electron chi connectivity index (χ3n) is 8.07. The molecule has 0 saturated heterocycles. The van der Waals surface area contributed by atoms with Gasteiger partial charge in [0.25, 0.3) is 0 Å². The summed E-state index contributed by atoms with van der Waals surface area (Å²) in [5.74, 6) is -4.51. The van der Waals surface area contributed by atoms with E-state index in [1.165, 1.54) is 0 Å². The molecule has 258 valence electrons. The van der Waals surface area contributed by atoms with Crippen LogP contribution in [-0.2, 0) is 30.3 Å². The normalized spacial score (nSPS) is 13.5. The number of hydrogen-bond donors (Lipinski definition) is 7. The summed E-state index contributed by atoms with van der Waals surface area (Å²) < 4.78 is 5.57. The SMILES string of the molecule is NC(N)=NCCC[C@H](NC(=O)[C@H](Cc1ccccc1)NC(=O)[C@H](CCC(=O)O)NC(=O)OCC1c2ccccc2-c2ccccc21)C(=O)O. The van der Waals surface area contributed by atoms with Gasteiger partial charge < -0.3 is 42.4 Å². The maximum Gasteiger partial charge on any atom is 0.407 e. The number of ether oxygens (including phenoxy) is 1. The second-order valence-corrected chi connectivity index (χ2v) is 11.6. The second-order valence-electron chi connectivity index (χ2n) is 11.6. The van der Waals surface area contributed by atoms with Gasteiger partial charge in [-0.2, -0.15) is 0 Å². The van der Waals surface area contributed by atoms with Gasteiger partial charge in [-0.25, -0.2) is 9.59 Å². The largest absolute Gasteiger partial charge is 0.481 e.